The first-order chi connectivity index (χ1) is 12.2. The molecule has 0 radical (unpaired) electrons. The molecule has 1 aromatic heterocycles. The lowest BCUT2D eigenvalue weighted by molar-refractivity contribution is 0.0214. The Labute approximate surface area is 149 Å². The number of ether oxygens (including phenoxy) is 1. The topological polar surface area (TPSA) is 54.6 Å². The quantitative estimate of drug-likeness (QED) is 0.733. The second-order valence-corrected chi connectivity index (χ2v) is 6.61. The molecule has 1 unspecified atom stereocenters. The van der Waals surface area contributed by atoms with Crippen molar-refractivity contribution >= 4 is 0 Å². The molecular weight excluding hydrogens is 316 g/mol. The third kappa shape index (κ3) is 5.36. The van der Waals surface area contributed by atoms with Crippen LogP contribution in [0.4, 0.5) is 0 Å². The van der Waals surface area contributed by atoms with Crippen LogP contribution in [-0.2, 0) is 24.2 Å². The zero-order chi connectivity index (χ0) is 17.5. The van der Waals surface area contributed by atoms with Crippen molar-refractivity contribution in [2.45, 2.75) is 39.4 Å². The van der Waals surface area contributed by atoms with Crippen LogP contribution in [0.15, 0.2) is 34.9 Å². The van der Waals surface area contributed by atoms with E-state index in [1.165, 1.54) is 5.56 Å². The van der Waals surface area contributed by atoms with Gasteiger partial charge in [0.15, 0.2) is 5.82 Å². The molecule has 0 amide bonds. The van der Waals surface area contributed by atoms with Gasteiger partial charge in [-0.3, -0.25) is 9.80 Å². The monoisotopic (exact) mass is 344 g/mol. The summed E-state index contributed by atoms with van der Waals surface area (Å²) < 4.78 is 10.9. The van der Waals surface area contributed by atoms with E-state index in [2.05, 4.69) is 57.2 Å². The van der Waals surface area contributed by atoms with Crippen molar-refractivity contribution in [2.75, 3.05) is 32.8 Å². The summed E-state index contributed by atoms with van der Waals surface area (Å²) >= 11 is 0. The summed E-state index contributed by atoms with van der Waals surface area (Å²) in [7, 11) is 0. The number of hydrogen-bond acceptors (Lipinski definition) is 6. The van der Waals surface area contributed by atoms with Gasteiger partial charge in [0.1, 0.15) is 0 Å². The highest BCUT2D eigenvalue weighted by molar-refractivity contribution is 5.14. The Kier molecular flexibility index (Phi) is 6.55. The molecule has 2 aromatic rings. The first kappa shape index (κ1) is 18.0. The Morgan fingerprint density at radius 2 is 1.92 bits per heavy atom. The SMILES string of the molecule is CCc1noc(CN(Cc2ccccc2)C(C)CN2CCOCC2)n1. The van der Waals surface area contributed by atoms with Crippen molar-refractivity contribution < 1.29 is 9.26 Å². The average Bonchev–Trinajstić information content (AvgIpc) is 3.10. The van der Waals surface area contributed by atoms with Gasteiger partial charge in [-0.1, -0.05) is 42.4 Å². The minimum absolute atomic E-state index is 0.385. The maximum Gasteiger partial charge on any atom is 0.240 e. The lowest BCUT2D eigenvalue weighted by Gasteiger charge is -2.34. The standard InChI is InChI=1S/C19H28N4O2/c1-3-18-20-19(25-21-18)15-23(14-17-7-5-4-6-8-17)16(2)13-22-9-11-24-12-10-22/h4-8,16H,3,9-15H2,1-2H3. The molecule has 1 aliphatic rings. The first-order valence-corrected chi connectivity index (χ1v) is 9.14. The Morgan fingerprint density at radius 1 is 1.16 bits per heavy atom. The molecule has 1 fully saturated rings. The van der Waals surface area contributed by atoms with Crippen LogP contribution in [0.5, 0.6) is 0 Å². The predicted molar refractivity (Wildman–Crippen MR) is 96.1 cm³/mol. The summed E-state index contributed by atoms with van der Waals surface area (Å²) in [4.78, 5) is 9.37. The van der Waals surface area contributed by atoms with Crippen molar-refractivity contribution in [1.82, 2.24) is 19.9 Å². The second-order valence-electron chi connectivity index (χ2n) is 6.61. The van der Waals surface area contributed by atoms with Gasteiger partial charge in [-0.15, -0.1) is 0 Å². The van der Waals surface area contributed by atoms with Crippen LogP contribution in [0, 0.1) is 0 Å². The van der Waals surface area contributed by atoms with Gasteiger partial charge < -0.3 is 9.26 Å². The molecule has 1 atom stereocenters. The van der Waals surface area contributed by atoms with E-state index in [0.717, 1.165) is 51.6 Å². The van der Waals surface area contributed by atoms with Crippen molar-refractivity contribution in [3.8, 4) is 0 Å². The number of rotatable bonds is 8. The van der Waals surface area contributed by atoms with Crippen LogP contribution >= 0.6 is 0 Å². The van der Waals surface area contributed by atoms with Crippen molar-refractivity contribution in [3.63, 3.8) is 0 Å². The zero-order valence-electron chi connectivity index (χ0n) is 15.2. The van der Waals surface area contributed by atoms with Crippen LogP contribution in [0.1, 0.15) is 31.1 Å². The highest BCUT2D eigenvalue weighted by atomic mass is 16.5. The van der Waals surface area contributed by atoms with Crippen LogP contribution in [-0.4, -0.2) is 58.8 Å². The van der Waals surface area contributed by atoms with Gasteiger partial charge in [-0.25, -0.2) is 0 Å². The molecule has 6 heteroatoms. The first-order valence-electron chi connectivity index (χ1n) is 9.14. The summed E-state index contributed by atoms with van der Waals surface area (Å²) in [5.41, 5.74) is 1.30. The molecule has 0 spiro atoms. The van der Waals surface area contributed by atoms with E-state index >= 15 is 0 Å². The second kappa shape index (κ2) is 9.08. The number of nitrogens with zero attached hydrogens (tertiary/aromatic N) is 4. The summed E-state index contributed by atoms with van der Waals surface area (Å²) in [5.74, 6) is 1.47. The molecule has 0 aliphatic carbocycles. The molecule has 0 saturated carbocycles. The van der Waals surface area contributed by atoms with E-state index in [0.29, 0.717) is 18.5 Å². The fraction of sp³-hybridized carbons (Fsp3) is 0.579. The van der Waals surface area contributed by atoms with Crippen molar-refractivity contribution in [2.24, 2.45) is 0 Å². The average molecular weight is 344 g/mol. The van der Waals surface area contributed by atoms with Gasteiger partial charge in [-0.05, 0) is 12.5 Å². The Bertz CT molecular complexity index is 625. The van der Waals surface area contributed by atoms with Crippen LogP contribution in [0.25, 0.3) is 0 Å². The van der Waals surface area contributed by atoms with Gasteiger partial charge >= 0.3 is 0 Å². The van der Waals surface area contributed by atoms with Gasteiger partial charge in [0.2, 0.25) is 5.89 Å². The fourth-order valence-electron chi connectivity index (χ4n) is 3.13. The number of aromatic nitrogens is 2. The Hall–Kier alpha value is -1.76. The fourth-order valence-corrected chi connectivity index (χ4v) is 3.13. The molecule has 25 heavy (non-hydrogen) atoms. The minimum atomic E-state index is 0.385. The molecule has 136 valence electrons. The Balaban J connectivity index is 1.68. The van der Waals surface area contributed by atoms with Crippen molar-refractivity contribution in [1.29, 1.82) is 0 Å². The number of benzene rings is 1. The maximum atomic E-state index is 5.46. The van der Waals surface area contributed by atoms with E-state index in [4.69, 9.17) is 9.26 Å². The molecule has 2 heterocycles. The lowest BCUT2D eigenvalue weighted by Crippen LogP contribution is -2.45. The van der Waals surface area contributed by atoms with Gasteiger partial charge in [-0.2, -0.15) is 4.98 Å². The van der Waals surface area contributed by atoms with Gasteiger partial charge in [0, 0.05) is 38.6 Å². The molecule has 1 aliphatic heterocycles. The van der Waals surface area contributed by atoms with Crippen LogP contribution in [0.3, 0.4) is 0 Å². The third-order valence-electron chi connectivity index (χ3n) is 4.64. The summed E-state index contributed by atoms with van der Waals surface area (Å²) in [6.07, 6.45) is 0.797. The Morgan fingerprint density at radius 3 is 2.60 bits per heavy atom. The number of morpholine rings is 1. The van der Waals surface area contributed by atoms with E-state index < -0.39 is 0 Å². The summed E-state index contributed by atoms with van der Waals surface area (Å²) in [6, 6.07) is 10.9. The van der Waals surface area contributed by atoms with Gasteiger partial charge in [0.25, 0.3) is 0 Å². The van der Waals surface area contributed by atoms with Crippen LogP contribution in [0.2, 0.25) is 0 Å². The number of aryl methyl sites for hydroxylation is 1. The lowest BCUT2D eigenvalue weighted by atomic mass is 10.1. The van der Waals surface area contributed by atoms with E-state index in [9.17, 15) is 0 Å². The highest BCUT2D eigenvalue weighted by Crippen LogP contribution is 2.14. The smallest absolute Gasteiger partial charge is 0.240 e. The van der Waals surface area contributed by atoms with E-state index in [1.807, 2.05) is 6.92 Å². The number of hydrogen-bond donors (Lipinski definition) is 0. The van der Waals surface area contributed by atoms with Crippen molar-refractivity contribution in [3.05, 3.63) is 47.6 Å². The third-order valence-corrected chi connectivity index (χ3v) is 4.64. The summed E-state index contributed by atoms with van der Waals surface area (Å²) in [5, 5.41) is 4.03. The predicted octanol–water partition coefficient (Wildman–Crippen LogP) is 2.35. The molecule has 1 saturated heterocycles. The molecule has 1 aromatic carbocycles. The van der Waals surface area contributed by atoms with E-state index in [-0.39, 0.29) is 0 Å². The molecule has 0 N–H and O–H groups in total. The maximum absolute atomic E-state index is 5.46. The van der Waals surface area contributed by atoms with Crippen LogP contribution < -0.4 is 0 Å². The zero-order valence-corrected chi connectivity index (χ0v) is 15.2. The highest BCUT2D eigenvalue weighted by Gasteiger charge is 2.21. The summed E-state index contributed by atoms with van der Waals surface area (Å²) in [6.45, 7) is 10.5. The molecule has 0 bridgehead atoms. The minimum Gasteiger partial charge on any atom is -0.379 e. The largest absolute Gasteiger partial charge is 0.379 e. The molecule has 6 nitrogen and oxygen atoms in total. The molecular formula is C19H28N4O2. The molecule has 3 rings (SSSR count). The van der Waals surface area contributed by atoms with Gasteiger partial charge in [0.05, 0.1) is 19.8 Å². The van der Waals surface area contributed by atoms with E-state index in [1.54, 1.807) is 0 Å². The normalized spacial score (nSPS) is 17.1.